The number of rotatable bonds is 11. The van der Waals surface area contributed by atoms with Crippen LogP contribution >= 0.6 is 0 Å². The fourth-order valence-electron chi connectivity index (χ4n) is 6.37. The summed E-state index contributed by atoms with van der Waals surface area (Å²) in [5.74, 6) is 1.09. The van der Waals surface area contributed by atoms with Crippen LogP contribution in [-0.2, 0) is 32.0 Å². The van der Waals surface area contributed by atoms with E-state index in [0.29, 0.717) is 25.6 Å². The first kappa shape index (κ1) is 32.8. The number of aromatic nitrogens is 2. The summed E-state index contributed by atoms with van der Waals surface area (Å²) in [6, 6.07) is 21.6. The second kappa shape index (κ2) is 14.2. The lowest BCUT2D eigenvalue weighted by atomic mass is 9.88. The minimum Gasteiger partial charge on any atom is -0.326 e. The van der Waals surface area contributed by atoms with Crippen molar-refractivity contribution < 1.29 is 26.3 Å². The number of benzene rings is 3. The Kier molecular flexibility index (Phi) is 10.4. The van der Waals surface area contributed by atoms with E-state index in [2.05, 4.69) is 11.5 Å². The molecule has 1 fully saturated rings. The SMILES string of the molecule is CCCCn1c(-c2ccccc2)nc(-c2ccccc2)c1CN(Cc1ccc(C(F)(F)F)cc1C(F)(F)F)CC1CCCCC1. The summed E-state index contributed by atoms with van der Waals surface area (Å²) in [6.45, 7) is 3.52. The zero-order valence-electron chi connectivity index (χ0n) is 25.5. The number of hydrogen-bond acceptors (Lipinski definition) is 2. The predicted molar refractivity (Wildman–Crippen MR) is 165 cm³/mol. The number of alkyl halides is 6. The van der Waals surface area contributed by atoms with E-state index in [4.69, 9.17) is 4.98 Å². The Morgan fingerprint density at radius 1 is 0.778 bits per heavy atom. The van der Waals surface area contributed by atoms with Crippen LogP contribution in [0.5, 0.6) is 0 Å². The Bertz CT molecular complexity index is 1520. The van der Waals surface area contributed by atoms with Crippen molar-refractivity contribution >= 4 is 0 Å². The molecule has 9 heteroatoms. The third-order valence-electron chi connectivity index (χ3n) is 8.64. The van der Waals surface area contributed by atoms with Crippen LogP contribution in [0.1, 0.15) is 74.3 Å². The van der Waals surface area contributed by atoms with Gasteiger partial charge in [-0.1, -0.05) is 99.3 Å². The van der Waals surface area contributed by atoms with Gasteiger partial charge < -0.3 is 4.57 Å². The number of imidazole rings is 1. The molecule has 0 amide bonds. The number of hydrogen-bond donors (Lipinski definition) is 0. The van der Waals surface area contributed by atoms with Gasteiger partial charge in [-0.05, 0) is 42.9 Å². The summed E-state index contributed by atoms with van der Waals surface area (Å²) < 4.78 is 85.2. The summed E-state index contributed by atoms with van der Waals surface area (Å²) in [5.41, 5.74) is 0.816. The fourth-order valence-corrected chi connectivity index (χ4v) is 6.37. The summed E-state index contributed by atoms with van der Waals surface area (Å²) in [4.78, 5) is 7.13. The van der Waals surface area contributed by atoms with Crippen molar-refractivity contribution in [2.24, 2.45) is 5.92 Å². The molecule has 3 aromatic carbocycles. The topological polar surface area (TPSA) is 21.1 Å². The second-order valence-electron chi connectivity index (χ2n) is 12.0. The Morgan fingerprint density at radius 2 is 1.42 bits per heavy atom. The first-order valence-corrected chi connectivity index (χ1v) is 15.7. The van der Waals surface area contributed by atoms with Crippen LogP contribution in [-0.4, -0.2) is 21.0 Å². The van der Waals surface area contributed by atoms with Gasteiger partial charge in [0.25, 0.3) is 0 Å². The van der Waals surface area contributed by atoms with Crippen molar-refractivity contribution in [1.29, 1.82) is 0 Å². The third-order valence-corrected chi connectivity index (χ3v) is 8.64. The average molecular weight is 628 g/mol. The highest BCUT2D eigenvalue weighted by atomic mass is 19.4. The molecule has 45 heavy (non-hydrogen) atoms. The van der Waals surface area contributed by atoms with Crippen LogP contribution in [0.25, 0.3) is 22.6 Å². The molecule has 4 aromatic rings. The molecule has 0 N–H and O–H groups in total. The normalized spacial score (nSPS) is 14.8. The van der Waals surface area contributed by atoms with Crippen LogP contribution in [0.2, 0.25) is 0 Å². The Labute approximate surface area is 260 Å². The van der Waals surface area contributed by atoms with E-state index in [9.17, 15) is 26.3 Å². The van der Waals surface area contributed by atoms with Gasteiger partial charge in [-0.15, -0.1) is 0 Å². The minimum atomic E-state index is -4.92. The molecule has 5 rings (SSSR count). The first-order valence-electron chi connectivity index (χ1n) is 15.7. The zero-order valence-corrected chi connectivity index (χ0v) is 25.5. The van der Waals surface area contributed by atoms with Crippen molar-refractivity contribution in [1.82, 2.24) is 14.5 Å². The van der Waals surface area contributed by atoms with Crippen LogP contribution in [0, 0.1) is 5.92 Å². The summed E-state index contributed by atoms with van der Waals surface area (Å²) in [7, 11) is 0. The summed E-state index contributed by atoms with van der Waals surface area (Å²) in [6.07, 6.45) is -2.75. The largest absolute Gasteiger partial charge is 0.416 e. The van der Waals surface area contributed by atoms with Gasteiger partial charge in [-0.3, -0.25) is 4.90 Å². The predicted octanol–water partition coefficient (Wildman–Crippen LogP) is 10.6. The maximum absolute atomic E-state index is 14.2. The molecule has 0 saturated heterocycles. The van der Waals surface area contributed by atoms with Crippen molar-refractivity contribution in [3.8, 4) is 22.6 Å². The van der Waals surface area contributed by atoms with Crippen molar-refractivity contribution in [2.45, 2.75) is 83.9 Å². The van der Waals surface area contributed by atoms with E-state index in [-0.39, 0.29) is 18.2 Å². The molecule has 1 heterocycles. The number of halogens is 6. The lowest BCUT2D eigenvalue weighted by molar-refractivity contribution is -0.143. The summed E-state index contributed by atoms with van der Waals surface area (Å²) >= 11 is 0. The molecule has 1 aliphatic rings. The van der Waals surface area contributed by atoms with Gasteiger partial charge >= 0.3 is 12.4 Å². The smallest absolute Gasteiger partial charge is 0.326 e. The Morgan fingerprint density at radius 3 is 2.02 bits per heavy atom. The molecule has 240 valence electrons. The maximum Gasteiger partial charge on any atom is 0.416 e. The molecule has 1 aliphatic carbocycles. The minimum absolute atomic E-state index is 0.128. The van der Waals surface area contributed by atoms with E-state index < -0.39 is 23.5 Å². The molecule has 0 spiro atoms. The van der Waals surface area contributed by atoms with E-state index in [1.165, 1.54) is 0 Å². The highest BCUT2D eigenvalue weighted by molar-refractivity contribution is 5.68. The van der Waals surface area contributed by atoms with E-state index in [1.807, 2.05) is 65.6 Å². The van der Waals surface area contributed by atoms with Crippen molar-refractivity contribution in [3.05, 3.63) is 101 Å². The quantitative estimate of drug-likeness (QED) is 0.154. The van der Waals surface area contributed by atoms with Gasteiger partial charge in [0.05, 0.1) is 22.5 Å². The molecule has 3 nitrogen and oxygen atoms in total. The van der Waals surface area contributed by atoms with Gasteiger partial charge in [-0.2, -0.15) is 26.3 Å². The zero-order chi connectivity index (χ0) is 32.0. The van der Waals surface area contributed by atoms with Gasteiger partial charge in [-0.25, -0.2) is 4.98 Å². The van der Waals surface area contributed by atoms with Gasteiger partial charge in [0, 0.05) is 37.3 Å². The highest BCUT2D eigenvalue weighted by Crippen LogP contribution is 2.39. The molecule has 1 saturated carbocycles. The van der Waals surface area contributed by atoms with E-state index >= 15 is 0 Å². The Hall–Kier alpha value is -3.59. The molecular formula is C36H39F6N3. The second-order valence-corrected chi connectivity index (χ2v) is 12.0. The summed E-state index contributed by atoms with van der Waals surface area (Å²) in [5, 5.41) is 0. The van der Waals surface area contributed by atoms with Crippen LogP contribution in [0.15, 0.2) is 78.9 Å². The molecule has 0 atom stereocenters. The third kappa shape index (κ3) is 8.17. The van der Waals surface area contributed by atoms with Gasteiger partial charge in [0.1, 0.15) is 5.82 Å². The number of unbranched alkanes of at least 4 members (excludes halogenated alkanes) is 1. The van der Waals surface area contributed by atoms with E-state index in [1.54, 1.807) is 0 Å². The van der Waals surface area contributed by atoms with E-state index in [0.717, 1.165) is 85.4 Å². The fraction of sp³-hybridized carbons (Fsp3) is 0.417. The maximum atomic E-state index is 14.2. The molecule has 0 radical (unpaired) electrons. The Balaban J connectivity index is 1.62. The molecular weight excluding hydrogens is 588 g/mol. The lowest BCUT2D eigenvalue weighted by Gasteiger charge is -2.31. The van der Waals surface area contributed by atoms with Crippen LogP contribution in [0.4, 0.5) is 26.3 Å². The lowest BCUT2D eigenvalue weighted by Crippen LogP contribution is -2.32. The molecule has 0 aliphatic heterocycles. The van der Waals surface area contributed by atoms with Crippen LogP contribution < -0.4 is 0 Å². The first-order chi connectivity index (χ1) is 21.5. The molecule has 1 aromatic heterocycles. The van der Waals surface area contributed by atoms with Gasteiger partial charge in [0.2, 0.25) is 0 Å². The van der Waals surface area contributed by atoms with Crippen molar-refractivity contribution in [2.75, 3.05) is 6.54 Å². The molecule has 0 bridgehead atoms. The van der Waals surface area contributed by atoms with Gasteiger partial charge in [0.15, 0.2) is 0 Å². The van der Waals surface area contributed by atoms with Crippen LogP contribution in [0.3, 0.4) is 0 Å². The number of nitrogens with zero attached hydrogens (tertiary/aromatic N) is 3. The van der Waals surface area contributed by atoms with Crippen molar-refractivity contribution in [3.63, 3.8) is 0 Å². The standard InChI is InChI=1S/C36H39F6N3/c1-2-3-21-45-32(33(27-15-9-5-10-16-27)43-34(45)28-17-11-6-12-18-28)25-44(23-26-13-7-4-8-14-26)24-29-19-20-30(35(37,38)39)22-31(29)36(40,41)42/h5-6,9-12,15-20,22,26H,2-4,7-8,13-14,21,23-25H2,1H3. The molecule has 0 unspecified atom stereocenters. The highest BCUT2D eigenvalue weighted by Gasteiger charge is 2.38. The monoisotopic (exact) mass is 627 g/mol. The average Bonchev–Trinajstić information content (AvgIpc) is 3.38.